The molecule has 0 fully saturated rings. The van der Waals surface area contributed by atoms with E-state index in [1.165, 1.54) is 0 Å². The van der Waals surface area contributed by atoms with Crippen molar-refractivity contribution in [1.29, 1.82) is 0 Å². The van der Waals surface area contributed by atoms with Crippen molar-refractivity contribution < 1.29 is 29.3 Å². The number of phenols is 1. The topological polar surface area (TPSA) is 125 Å². The van der Waals surface area contributed by atoms with Gasteiger partial charge in [0.1, 0.15) is 16.7 Å². The van der Waals surface area contributed by atoms with Gasteiger partial charge in [0, 0.05) is 6.07 Å². The third-order valence-electron chi connectivity index (χ3n) is 4.73. The number of rotatable bonds is 4. The molecule has 0 bridgehead atoms. The van der Waals surface area contributed by atoms with Crippen LogP contribution in [0, 0.1) is 5.92 Å². The second kappa shape index (κ2) is 6.23. The molecule has 1 aliphatic carbocycles. The van der Waals surface area contributed by atoms with Crippen molar-refractivity contribution in [2.75, 3.05) is 0 Å². The first-order valence-corrected chi connectivity index (χ1v) is 8.14. The number of carbonyl (C=O) groups is 2. The van der Waals surface area contributed by atoms with Gasteiger partial charge in [-0.3, -0.25) is 9.59 Å². The minimum Gasteiger partial charge on any atom is -0.507 e. The van der Waals surface area contributed by atoms with E-state index in [9.17, 15) is 24.6 Å². The first kappa shape index (κ1) is 17.0. The van der Waals surface area contributed by atoms with Gasteiger partial charge in [0.25, 0.3) is 0 Å². The molecule has 3 N–H and O–H groups in total. The number of benzene rings is 1. The Balaban J connectivity index is 2.38. The van der Waals surface area contributed by atoms with Gasteiger partial charge in [0.05, 0.1) is 5.92 Å². The van der Waals surface area contributed by atoms with Crippen molar-refractivity contribution in [2.24, 2.45) is 5.92 Å². The van der Waals surface area contributed by atoms with Crippen LogP contribution >= 0.6 is 0 Å². The average Bonchev–Trinajstić information content (AvgIpc) is 2.57. The molecule has 0 spiro atoms. The highest BCUT2D eigenvalue weighted by atomic mass is 16.4. The Labute approximate surface area is 142 Å². The Morgan fingerprint density at radius 3 is 2.60 bits per heavy atom. The van der Waals surface area contributed by atoms with E-state index in [0.717, 1.165) is 6.07 Å². The Morgan fingerprint density at radius 2 is 2.00 bits per heavy atom. The minimum atomic E-state index is -1.37. The Hall–Kier alpha value is -2.83. The summed E-state index contributed by atoms with van der Waals surface area (Å²) in [5.74, 6) is -3.58. The van der Waals surface area contributed by atoms with Crippen LogP contribution in [0.2, 0.25) is 0 Å². The molecular formula is C18H18O7. The van der Waals surface area contributed by atoms with Crippen molar-refractivity contribution in [2.45, 2.75) is 39.0 Å². The zero-order valence-electron chi connectivity index (χ0n) is 13.7. The highest BCUT2D eigenvalue weighted by Crippen LogP contribution is 2.40. The van der Waals surface area contributed by atoms with Gasteiger partial charge in [-0.2, -0.15) is 0 Å². The SMILES string of the molecule is CCCc1c2c(c(O)c3c(=O)cc(C(=O)O)oc13)CCC(C(=O)O)C2. The molecule has 0 amide bonds. The number of fused-ring (bicyclic) bond motifs is 2. The molecule has 0 saturated carbocycles. The molecule has 1 aromatic heterocycles. The number of aliphatic carboxylic acids is 1. The Morgan fingerprint density at radius 1 is 1.28 bits per heavy atom. The summed E-state index contributed by atoms with van der Waals surface area (Å²) >= 11 is 0. The van der Waals surface area contributed by atoms with Crippen LogP contribution in [0.4, 0.5) is 0 Å². The van der Waals surface area contributed by atoms with Crippen LogP contribution in [0.15, 0.2) is 15.3 Å². The van der Waals surface area contributed by atoms with Gasteiger partial charge in [-0.15, -0.1) is 0 Å². The summed E-state index contributed by atoms with van der Waals surface area (Å²) in [6.45, 7) is 1.92. The number of carboxylic acids is 2. The van der Waals surface area contributed by atoms with Crippen molar-refractivity contribution in [3.63, 3.8) is 0 Å². The number of hydrogen-bond donors (Lipinski definition) is 3. The number of aromatic carboxylic acids is 1. The maximum atomic E-state index is 12.4. The number of aromatic hydroxyl groups is 1. The van der Waals surface area contributed by atoms with Crippen LogP contribution in [0.1, 0.15) is 47.0 Å². The molecule has 132 valence electrons. The van der Waals surface area contributed by atoms with Crippen LogP contribution in [0.3, 0.4) is 0 Å². The van der Waals surface area contributed by atoms with Gasteiger partial charge in [0.2, 0.25) is 5.76 Å². The fourth-order valence-corrected chi connectivity index (χ4v) is 3.56. The molecule has 1 unspecified atom stereocenters. The van der Waals surface area contributed by atoms with E-state index >= 15 is 0 Å². The highest BCUT2D eigenvalue weighted by molar-refractivity contribution is 5.93. The Bertz CT molecular complexity index is 939. The van der Waals surface area contributed by atoms with E-state index in [2.05, 4.69) is 0 Å². The monoisotopic (exact) mass is 346 g/mol. The van der Waals surface area contributed by atoms with E-state index in [-0.39, 0.29) is 23.1 Å². The lowest BCUT2D eigenvalue weighted by atomic mass is 9.79. The fraction of sp³-hybridized carbons (Fsp3) is 0.389. The predicted molar refractivity (Wildman–Crippen MR) is 88.3 cm³/mol. The summed E-state index contributed by atoms with van der Waals surface area (Å²) in [6.07, 6.45) is 2.16. The summed E-state index contributed by atoms with van der Waals surface area (Å²) in [4.78, 5) is 34.9. The molecule has 1 aliphatic rings. The molecule has 7 nitrogen and oxygen atoms in total. The molecular weight excluding hydrogens is 328 g/mol. The van der Waals surface area contributed by atoms with Crippen LogP contribution in [-0.4, -0.2) is 27.3 Å². The van der Waals surface area contributed by atoms with Crippen molar-refractivity contribution in [1.82, 2.24) is 0 Å². The number of hydrogen-bond acceptors (Lipinski definition) is 5. The number of phenolic OH excluding ortho intramolecular Hbond substituents is 1. The van der Waals surface area contributed by atoms with Crippen LogP contribution in [0.25, 0.3) is 11.0 Å². The highest BCUT2D eigenvalue weighted by Gasteiger charge is 2.31. The second-order valence-corrected chi connectivity index (χ2v) is 6.30. The first-order valence-electron chi connectivity index (χ1n) is 8.14. The number of aryl methyl sites for hydroxylation is 1. The summed E-state index contributed by atoms with van der Waals surface area (Å²) in [6, 6.07) is 0.857. The van der Waals surface area contributed by atoms with Crippen molar-refractivity contribution in [3.05, 3.63) is 38.7 Å². The molecule has 2 aromatic rings. The molecule has 1 atom stereocenters. The van der Waals surface area contributed by atoms with Gasteiger partial charge < -0.3 is 19.7 Å². The molecule has 1 aromatic carbocycles. The van der Waals surface area contributed by atoms with E-state index in [0.29, 0.717) is 42.4 Å². The molecule has 3 rings (SSSR count). The predicted octanol–water partition coefficient (Wildman–Crippen LogP) is 2.34. The van der Waals surface area contributed by atoms with Crippen molar-refractivity contribution >= 4 is 22.9 Å². The third kappa shape index (κ3) is 2.75. The van der Waals surface area contributed by atoms with Gasteiger partial charge in [-0.1, -0.05) is 13.3 Å². The first-order chi connectivity index (χ1) is 11.8. The van der Waals surface area contributed by atoms with E-state index in [4.69, 9.17) is 9.52 Å². The van der Waals surface area contributed by atoms with Crippen LogP contribution < -0.4 is 5.43 Å². The zero-order chi connectivity index (χ0) is 18.3. The van der Waals surface area contributed by atoms with Crippen molar-refractivity contribution in [3.8, 4) is 5.75 Å². The lowest BCUT2D eigenvalue weighted by Crippen LogP contribution is -2.24. The standard InChI is InChI=1S/C18H18O7/c1-2-3-10-11-6-8(17(21)22)4-5-9(11)15(20)14-12(19)7-13(18(23)24)25-16(10)14/h7-8,20H,2-6H2,1H3,(H,21,22)(H,23,24). The molecule has 0 saturated heterocycles. The van der Waals surface area contributed by atoms with Crippen LogP contribution in [0.5, 0.6) is 5.75 Å². The van der Waals surface area contributed by atoms with Gasteiger partial charge in [-0.25, -0.2) is 4.79 Å². The summed E-state index contributed by atoms with van der Waals surface area (Å²) in [7, 11) is 0. The lowest BCUT2D eigenvalue weighted by Gasteiger charge is -2.26. The normalized spacial score (nSPS) is 16.6. The molecule has 0 aliphatic heterocycles. The average molecular weight is 346 g/mol. The lowest BCUT2D eigenvalue weighted by molar-refractivity contribution is -0.142. The van der Waals surface area contributed by atoms with E-state index in [1.54, 1.807) is 0 Å². The fourth-order valence-electron chi connectivity index (χ4n) is 3.56. The number of carboxylic acid groups (broad SMARTS) is 2. The molecule has 7 heteroatoms. The summed E-state index contributed by atoms with van der Waals surface area (Å²) in [5.41, 5.74) is 1.29. The van der Waals surface area contributed by atoms with Gasteiger partial charge in [-0.05, 0) is 42.4 Å². The maximum absolute atomic E-state index is 12.4. The maximum Gasteiger partial charge on any atom is 0.371 e. The summed E-state index contributed by atoms with van der Waals surface area (Å²) in [5, 5.41) is 29.0. The largest absolute Gasteiger partial charge is 0.507 e. The Kier molecular flexibility index (Phi) is 4.24. The minimum absolute atomic E-state index is 0.0269. The van der Waals surface area contributed by atoms with Gasteiger partial charge in [0.15, 0.2) is 5.43 Å². The second-order valence-electron chi connectivity index (χ2n) is 6.30. The van der Waals surface area contributed by atoms with Crippen LogP contribution in [-0.2, 0) is 24.1 Å². The third-order valence-corrected chi connectivity index (χ3v) is 4.73. The quantitative estimate of drug-likeness (QED) is 0.776. The van der Waals surface area contributed by atoms with Gasteiger partial charge >= 0.3 is 11.9 Å². The smallest absolute Gasteiger partial charge is 0.371 e. The molecule has 25 heavy (non-hydrogen) atoms. The zero-order valence-corrected chi connectivity index (χ0v) is 13.7. The van der Waals surface area contributed by atoms with E-state index < -0.39 is 29.0 Å². The molecule has 0 radical (unpaired) electrons. The molecule has 1 heterocycles. The summed E-state index contributed by atoms with van der Waals surface area (Å²) < 4.78 is 5.42. The van der Waals surface area contributed by atoms with E-state index in [1.807, 2.05) is 6.92 Å².